The van der Waals surface area contributed by atoms with E-state index < -0.39 is 39.9 Å². The molecule has 212 valence electrons. The third-order valence-electron chi connectivity index (χ3n) is 5.43. The molecule has 0 aromatic heterocycles. The first-order chi connectivity index (χ1) is 18.3. The first-order valence-electron chi connectivity index (χ1n) is 11.6. The molecule has 1 atom stereocenters. The van der Waals surface area contributed by atoms with Gasteiger partial charge in [0.2, 0.25) is 10.0 Å². The second-order valence-electron chi connectivity index (χ2n) is 8.52. The Hall–Kier alpha value is -3.36. The van der Waals surface area contributed by atoms with Crippen LogP contribution in [0.25, 0.3) is 0 Å². The van der Waals surface area contributed by atoms with Crippen molar-refractivity contribution in [3.63, 3.8) is 0 Å². The summed E-state index contributed by atoms with van der Waals surface area (Å²) in [5.41, 5.74) is 1.04. The van der Waals surface area contributed by atoms with Gasteiger partial charge in [-0.05, 0) is 60.9 Å². The van der Waals surface area contributed by atoms with Crippen LogP contribution in [-0.4, -0.2) is 65.1 Å². The number of amides is 2. The van der Waals surface area contributed by atoms with E-state index >= 15 is 0 Å². The summed E-state index contributed by atoms with van der Waals surface area (Å²) >= 11 is 5.94. The molecule has 2 aromatic carbocycles. The van der Waals surface area contributed by atoms with Gasteiger partial charge < -0.3 is 14.8 Å². The summed E-state index contributed by atoms with van der Waals surface area (Å²) < 4.78 is 75.1. The fourth-order valence-corrected chi connectivity index (χ4v) is 4.62. The zero-order chi connectivity index (χ0) is 28.6. The second kappa shape index (κ2) is 13.1. The van der Waals surface area contributed by atoms with Crippen LogP contribution in [0.5, 0.6) is 5.75 Å². The Morgan fingerprint density at radius 1 is 1.21 bits per heavy atom. The fourth-order valence-electron chi connectivity index (χ4n) is 3.49. The number of nitrogens with one attached hydrogen (secondary N) is 2. The molecule has 10 nitrogen and oxygen atoms in total. The Morgan fingerprint density at radius 2 is 1.92 bits per heavy atom. The fraction of sp³-hybridized carbons (Fsp3) is 0.375. The van der Waals surface area contributed by atoms with Crippen LogP contribution in [0.3, 0.4) is 0 Å². The van der Waals surface area contributed by atoms with Gasteiger partial charge in [0.15, 0.2) is 6.61 Å². The predicted octanol–water partition coefficient (Wildman–Crippen LogP) is 2.95. The molecule has 0 spiro atoms. The summed E-state index contributed by atoms with van der Waals surface area (Å²) in [6.07, 6.45) is -0.836. The summed E-state index contributed by atoms with van der Waals surface area (Å²) in [6.45, 7) is 0.0876. The Kier molecular flexibility index (Phi) is 10.2. The van der Waals surface area contributed by atoms with Crippen molar-refractivity contribution in [2.24, 2.45) is 5.10 Å². The minimum absolute atomic E-state index is 0.0286. The SMILES string of the molecule is CS(=O)(=O)N(CC(=O)N/N=C\c1ccc(OCC(=O)NC[C@H]2CCCO2)cc1)c1cc(C(F)(F)F)ccc1Cl. The normalized spacial score (nSPS) is 15.8. The molecule has 0 radical (unpaired) electrons. The number of hydrogen-bond acceptors (Lipinski definition) is 7. The molecule has 1 saturated heterocycles. The molecule has 3 rings (SSSR count). The summed E-state index contributed by atoms with van der Waals surface area (Å²) in [6, 6.07) is 8.51. The number of rotatable bonds is 11. The highest BCUT2D eigenvalue weighted by Crippen LogP contribution is 2.36. The molecule has 1 fully saturated rings. The second-order valence-corrected chi connectivity index (χ2v) is 10.8. The third kappa shape index (κ3) is 9.41. The number of halogens is 4. The number of hydrazone groups is 1. The van der Waals surface area contributed by atoms with E-state index in [-0.39, 0.29) is 23.6 Å². The van der Waals surface area contributed by atoms with Crippen LogP contribution in [0, 0.1) is 0 Å². The largest absolute Gasteiger partial charge is 0.484 e. The number of benzene rings is 2. The van der Waals surface area contributed by atoms with Crippen LogP contribution in [0.15, 0.2) is 47.6 Å². The van der Waals surface area contributed by atoms with Gasteiger partial charge in [0.1, 0.15) is 12.3 Å². The molecule has 1 aliphatic rings. The lowest BCUT2D eigenvalue weighted by Gasteiger charge is -2.23. The molecule has 39 heavy (non-hydrogen) atoms. The quantitative estimate of drug-likeness (QED) is 0.306. The molecule has 0 saturated carbocycles. The van der Waals surface area contributed by atoms with E-state index in [1.807, 2.05) is 0 Å². The standard InChI is InChI=1S/C24H26ClF3N4O6S/c1-39(35,36)32(21-11-17(24(26,27)28)6-9-20(21)25)14-22(33)31-30-12-16-4-7-18(8-5-16)38-15-23(34)29-13-19-3-2-10-37-19/h4-9,11-12,19H,2-3,10,13-15H2,1H3,(H,29,34)(H,31,33)/b30-12-/t19-/m1/s1. The van der Waals surface area contributed by atoms with Crippen LogP contribution < -0.4 is 19.8 Å². The van der Waals surface area contributed by atoms with Gasteiger partial charge >= 0.3 is 6.18 Å². The number of carbonyl (C=O) groups is 2. The van der Waals surface area contributed by atoms with E-state index in [0.717, 1.165) is 25.2 Å². The van der Waals surface area contributed by atoms with E-state index in [2.05, 4.69) is 15.8 Å². The number of nitrogens with zero attached hydrogens (tertiary/aromatic N) is 2. The van der Waals surface area contributed by atoms with Gasteiger partial charge in [-0.2, -0.15) is 18.3 Å². The minimum atomic E-state index is -4.74. The molecule has 15 heteroatoms. The number of sulfonamides is 1. The van der Waals surface area contributed by atoms with Gasteiger partial charge in [-0.25, -0.2) is 13.8 Å². The molecule has 2 N–H and O–H groups in total. The molecule has 0 bridgehead atoms. The number of anilines is 1. The van der Waals surface area contributed by atoms with Crippen molar-refractivity contribution in [3.8, 4) is 5.75 Å². The smallest absolute Gasteiger partial charge is 0.416 e. The Balaban J connectivity index is 1.53. The zero-order valence-electron chi connectivity index (χ0n) is 20.7. The molecule has 1 aliphatic heterocycles. The highest BCUT2D eigenvalue weighted by atomic mass is 35.5. The molecule has 2 amide bonds. The van der Waals surface area contributed by atoms with Crippen molar-refractivity contribution >= 4 is 45.3 Å². The Bertz CT molecular complexity index is 1300. The molecule has 2 aromatic rings. The van der Waals surface area contributed by atoms with Crippen molar-refractivity contribution in [1.29, 1.82) is 0 Å². The summed E-state index contributed by atoms with van der Waals surface area (Å²) in [5, 5.41) is 6.20. The van der Waals surface area contributed by atoms with E-state index in [4.69, 9.17) is 21.1 Å². The van der Waals surface area contributed by atoms with E-state index in [0.29, 0.717) is 40.9 Å². The van der Waals surface area contributed by atoms with E-state index in [9.17, 15) is 31.2 Å². The van der Waals surface area contributed by atoms with E-state index in [1.165, 1.54) is 6.21 Å². The summed E-state index contributed by atoms with van der Waals surface area (Å²) in [5.74, 6) is -0.780. The van der Waals surface area contributed by atoms with Crippen molar-refractivity contribution in [1.82, 2.24) is 10.7 Å². The van der Waals surface area contributed by atoms with Gasteiger partial charge in [0, 0.05) is 13.2 Å². The Morgan fingerprint density at radius 3 is 2.54 bits per heavy atom. The average molecular weight is 591 g/mol. The maximum absolute atomic E-state index is 13.1. The van der Waals surface area contributed by atoms with Crippen LogP contribution in [0.1, 0.15) is 24.0 Å². The van der Waals surface area contributed by atoms with Gasteiger partial charge in [-0.3, -0.25) is 13.9 Å². The van der Waals surface area contributed by atoms with Crippen LogP contribution in [0.2, 0.25) is 5.02 Å². The monoisotopic (exact) mass is 590 g/mol. The topological polar surface area (TPSA) is 126 Å². The van der Waals surface area contributed by atoms with Crippen molar-refractivity contribution in [3.05, 3.63) is 58.6 Å². The van der Waals surface area contributed by atoms with Gasteiger partial charge in [0.25, 0.3) is 11.8 Å². The van der Waals surface area contributed by atoms with Gasteiger partial charge in [0.05, 0.1) is 34.8 Å². The van der Waals surface area contributed by atoms with Crippen molar-refractivity contribution in [2.45, 2.75) is 25.1 Å². The molecular weight excluding hydrogens is 565 g/mol. The highest BCUT2D eigenvalue weighted by molar-refractivity contribution is 7.92. The van der Waals surface area contributed by atoms with Gasteiger partial charge in [-0.1, -0.05) is 11.6 Å². The van der Waals surface area contributed by atoms with E-state index in [1.54, 1.807) is 24.3 Å². The number of ether oxygens (including phenoxy) is 2. The highest BCUT2D eigenvalue weighted by Gasteiger charge is 2.33. The number of alkyl halides is 3. The Labute approximate surface area is 228 Å². The molecule has 0 aliphatic carbocycles. The third-order valence-corrected chi connectivity index (χ3v) is 6.88. The van der Waals surface area contributed by atoms with Crippen LogP contribution >= 0.6 is 11.6 Å². The maximum Gasteiger partial charge on any atom is 0.416 e. The minimum Gasteiger partial charge on any atom is -0.484 e. The molecular formula is C24H26ClF3N4O6S. The summed E-state index contributed by atoms with van der Waals surface area (Å²) in [7, 11) is -4.18. The first kappa shape index (κ1) is 30.2. The maximum atomic E-state index is 13.1. The lowest BCUT2D eigenvalue weighted by Crippen LogP contribution is -2.39. The molecule has 1 heterocycles. The average Bonchev–Trinajstić information content (AvgIpc) is 3.38. The lowest BCUT2D eigenvalue weighted by atomic mass is 10.2. The van der Waals surface area contributed by atoms with Crippen LogP contribution in [0.4, 0.5) is 18.9 Å². The first-order valence-corrected chi connectivity index (χ1v) is 13.8. The van der Waals surface area contributed by atoms with Crippen LogP contribution in [-0.2, 0) is 30.5 Å². The van der Waals surface area contributed by atoms with Crippen molar-refractivity contribution in [2.75, 3.05) is 36.9 Å². The summed E-state index contributed by atoms with van der Waals surface area (Å²) in [4.78, 5) is 24.2. The lowest BCUT2D eigenvalue weighted by molar-refractivity contribution is -0.137. The molecule has 0 unspecified atom stereocenters. The zero-order valence-corrected chi connectivity index (χ0v) is 22.3. The van der Waals surface area contributed by atoms with Gasteiger partial charge in [-0.15, -0.1) is 0 Å². The predicted molar refractivity (Wildman–Crippen MR) is 138 cm³/mol. The van der Waals surface area contributed by atoms with Crippen molar-refractivity contribution < 1.29 is 40.7 Å². The number of hydrogen-bond donors (Lipinski definition) is 2. The number of carbonyl (C=O) groups excluding carboxylic acids is 2.